The smallest absolute Gasteiger partial charge is 0.284 e. The van der Waals surface area contributed by atoms with Gasteiger partial charge in [0.1, 0.15) is 11.3 Å². The number of pyridine rings is 1. The van der Waals surface area contributed by atoms with Gasteiger partial charge in [0.25, 0.3) is 0 Å². The fourth-order valence-electron chi connectivity index (χ4n) is 2.37. The van der Waals surface area contributed by atoms with Crippen LogP contribution in [-0.4, -0.2) is 18.9 Å². The van der Waals surface area contributed by atoms with Crippen LogP contribution in [0, 0.1) is 0 Å². The Bertz CT molecular complexity index is 924. The number of fused-ring (bicyclic) bond motifs is 3. The van der Waals surface area contributed by atoms with Crippen LogP contribution in [0.5, 0.6) is 0 Å². The third kappa shape index (κ3) is 1.46. The molecule has 2 aliphatic heterocycles. The van der Waals surface area contributed by atoms with Crippen molar-refractivity contribution in [3.8, 4) is 17.2 Å². The molecule has 5 nitrogen and oxygen atoms in total. The Morgan fingerprint density at radius 2 is 1.75 bits per heavy atom. The van der Waals surface area contributed by atoms with Gasteiger partial charge in [0.05, 0.1) is 11.9 Å². The Kier molecular flexibility index (Phi) is 2.20. The maximum Gasteiger partial charge on any atom is 0.354 e. The zero-order valence-corrected chi connectivity index (χ0v) is 10.5. The minimum atomic E-state index is -0.295. The molecule has 2 aliphatic rings. The van der Waals surface area contributed by atoms with Gasteiger partial charge in [-0.15, -0.1) is 0 Å². The van der Waals surface area contributed by atoms with E-state index in [1.54, 1.807) is 10.8 Å². The minimum absolute atomic E-state index is 0.295. The quantitative estimate of drug-likeness (QED) is 0.527. The number of benzene rings is 1. The van der Waals surface area contributed by atoms with Gasteiger partial charge in [0.15, 0.2) is 5.82 Å². The van der Waals surface area contributed by atoms with E-state index in [1.165, 1.54) is 0 Å². The van der Waals surface area contributed by atoms with Gasteiger partial charge in [-0.1, -0.05) is 24.3 Å². The summed E-state index contributed by atoms with van der Waals surface area (Å²) in [6.07, 6.45) is 3.54. The van der Waals surface area contributed by atoms with Gasteiger partial charge in [-0.2, -0.15) is 4.98 Å². The Morgan fingerprint density at radius 1 is 0.950 bits per heavy atom. The topological polar surface area (TPSA) is 52.2 Å². The van der Waals surface area contributed by atoms with Crippen LogP contribution in [0.4, 0.5) is 0 Å². The van der Waals surface area contributed by atoms with Crippen molar-refractivity contribution in [3.05, 3.63) is 71.4 Å². The molecule has 1 aromatic carbocycles. The molecule has 0 amide bonds. The van der Waals surface area contributed by atoms with Crippen LogP contribution in [0.1, 0.15) is 0 Å². The lowest BCUT2D eigenvalue weighted by Gasteiger charge is -2.08. The van der Waals surface area contributed by atoms with Crippen LogP contribution in [0.15, 0.2) is 65.7 Å². The molecule has 1 aromatic heterocycles. The largest absolute Gasteiger partial charge is 0.354 e. The first kappa shape index (κ1) is 10.9. The van der Waals surface area contributed by atoms with Gasteiger partial charge in [0.2, 0.25) is 0 Å². The Morgan fingerprint density at radius 3 is 2.60 bits per heavy atom. The molecule has 0 atom stereocenters. The van der Waals surface area contributed by atoms with E-state index in [-0.39, 0.29) is 5.69 Å². The average molecular weight is 262 g/mol. The first-order chi connectivity index (χ1) is 9.84. The molecule has 0 saturated heterocycles. The van der Waals surface area contributed by atoms with Crippen molar-refractivity contribution in [2.24, 2.45) is 0 Å². The fraction of sp³-hybridized carbons (Fsp3) is 0. The van der Waals surface area contributed by atoms with Crippen molar-refractivity contribution < 1.29 is 0 Å². The highest BCUT2D eigenvalue weighted by atomic mass is 16.1. The number of para-hydroxylation sites is 1. The van der Waals surface area contributed by atoms with Gasteiger partial charge in [-0.05, 0) is 24.3 Å². The van der Waals surface area contributed by atoms with E-state index in [4.69, 9.17) is 0 Å². The molecule has 0 aliphatic carbocycles. The third-order valence-electron chi connectivity index (χ3n) is 3.26. The van der Waals surface area contributed by atoms with Crippen LogP contribution in [0.25, 0.3) is 22.9 Å². The number of aromatic nitrogens is 4. The SMILES string of the molecule is O=c1nc2n3ccccc3ncc-2n1-c1ccccc1. The predicted octanol–water partition coefficient (Wildman–Crippen LogP) is 1.98. The Labute approximate surface area is 114 Å². The minimum Gasteiger partial charge on any atom is -0.284 e. The van der Waals surface area contributed by atoms with E-state index in [0.29, 0.717) is 11.5 Å². The Hall–Kier alpha value is -2.95. The molecule has 3 heterocycles. The highest BCUT2D eigenvalue weighted by Gasteiger charge is 2.18. The molecule has 5 heteroatoms. The molecular formula is C15H10N4O. The van der Waals surface area contributed by atoms with E-state index >= 15 is 0 Å². The Balaban J connectivity index is 2.10. The van der Waals surface area contributed by atoms with Crippen LogP contribution >= 0.6 is 0 Å². The summed E-state index contributed by atoms with van der Waals surface area (Å²) < 4.78 is 3.39. The standard InChI is InChI=1S/C15H10N4O/c20-15-17-14-12(19(15)11-6-2-1-3-7-11)10-16-13-8-4-5-9-18(13)14/h1-10H. The average Bonchev–Trinajstić information content (AvgIpc) is 2.84. The summed E-state index contributed by atoms with van der Waals surface area (Å²) >= 11 is 0. The molecule has 4 rings (SSSR count). The molecule has 0 saturated carbocycles. The van der Waals surface area contributed by atoms with Crippen LogP contribution < -0.4 is 5.69 Å². The summed E-state index contributed by atoms with van der Waals surface area (Å²) in [7, 11) is 0. The molecule has 20 heavy (non-hydrogen) atoms. The number of rotatable bonds is 1. The van der Waals surface area contributed by atoms with Crippen molar-refractivity contribution in [3.63, 3.8) is 0 Å². The monoisotopic (exact) mass is 262 g/mol. The van der Waals surface area contributed by atoms with E-state index in [1.807, 2.05) is 59.1 Å². The second-order valence-corrected chi connectivity index (χ2v) is 4.46. The lowest BCUT2D eigenvalue weighted by atomic mass is 10.3. The van der Waals surface area contributed by atoms with Crippen molar-refractivity contribution in [2.45, 2.75) is 0 Å². The molecule has 0 unspecified atom stereocenters. The van der Waals surface area contributed by atoms with Crippen molar-refractivity contribution in [1.82, 2.24) is 18.9 Å². The summed E-state index contributed by atoms with van der Waals surface area (Å²) in [5.41, 5.74) is 1.96. The number of hydrogen-bond acceptors (Lipinski definition) is 3. The van der Waals surface area contributed by atoms with Crippen LogP contribution in [0.2, 0.25) is 0 Å². The van der Waals surface area contributed by atoms with Gasteiger partial charge in [0, 0.05) is 6.20 Å². The second kappa shape index (κ2) is 4.03. The van der Waals surface area contributed by atoms with Gasteiger partial charge in [-0.3, -0.25) is 8.97 Å². The van der Waals surface area contributed by atoms with Gasteiger partial charge in [-0.25, -0.2) is 9.78 Å². The van der Waals surface area contributed by atoms with E-state index in [0.717, 1.165) is 11.3 Å². The van der Waals surface area contributed by atoms with Crippen molar-refractivity contribution in [2.75, 3.05) is 0 Å². The molecule has 0 radical (unpaired) electrons. The first-order valence-corrected chi connectivity index (χ1v) is 6.25. The molecule has 0 N–H and O–H groups in total. The maximum atomic E-state index is 12.2. The van der Waals surface area contributed by atoms with Gasteiger partial charge < -0.3 is 0 Å². The lowest BCUT2D eigenvalue weighted by Crippen LogP contribution is -2.14. The zero-order valence-electron chi connectivity index (χ0n) is 10.5. The van der Waals surface area contributed by atoms with Crippen LogP contribution in [0.3, 0.4) is 0 Å². The van der Waals surface area contributed by atoms with Gasteiger partial charge >= 0.3 is 5.69 Å². The maximum absolute atomic E-state index is 12.2. The molecule has 0 spiro atoms. The highest BCUT2D eigenvalue weighted by molar-refractivity contribution is 5.60. The summed E-state index contributed by atoms with van der Waals surface area (Å²) in [5, 5.41) is 0. The number of imidazole rings is 1. The van der Waals surface area contributed by atoms with Crippen molar-refractivity contribution in [1.29, 1.82) is 0 Å². The molecule has 0 fully saturated rings. The lowest BCUT2D eigenvalue weighted by molar-refractivity contribution is 0.995. The summed E-state index contributed by atoms with van der Waals surface area (Å²) in [6.45, 7) is 0. The molecule has 96 valence electrons. The van der Waals surface area contributed by atoms with Crippen LogP contribution in [-0.2, 0) is 0 Å². The van der Waals surface area contributed by atoms with E-state index in [9.17, 15) is 4.79 Å². The molecule has 0 bridgehead atoms. The molecular weight excluding hydrogens is 252 g/mol. The van der Waals surface area contributed by atoms with E-state index in [2.05, 4.69) is 9.97 Å². The molecule has 2 aromatic rings. The number of hydrogen-bond donors (Lipinski definition) is 0. The normalized spacial score (nSPS) is 11.2. The second-order valence-electron chi connectivity index (χ2n) is 4.46. The predicted molar refractivity (Wildman–Crippen MR) is 75.2 cm³/mol. The highest BCUT2D eigenvalue weighted by Crippen LogP contribution is 2.21. The third-order valence-corrected chi connectivity index (χ3v) is 3.26. The summed E-state index contributed by atoms with van der Waals surface area (Å²) in [6, 6.07) is 15.1. The van der Waals surface area contributed by atoms with Crippen molar-refractivity contribution >= 4 is 5.65 Å². The first-order valence-electron chi connectivity index (χ1n) is 6.25. The summed E-state index contributed by atoms with van der Waals surface area (Å²) in [5.74, 6) is 0.615. The number of nitrogens with zero attached hydrogens (tertiary/aromatic N) is 4. The zero-order chi connectivity index (χ0) is 13.5. The fourth-order valence-corrected chi connectivity index (χ4v) is 2.37. The summed E-state index contributed by atoms with van der Waals surface area (Å²) in [4.78, 5) is 20.7. The van der Waals surface area contributed by atoms with E-state index < -0.39 is 0 Å².